The minimum Gasteiger partial charge on any atom is -0.496 e. The van der Waals surface area contributed by atoms with Gasteiger partial charge in [-0.05, 0) is 80.0 Å². The van der Waals surface area contributed by atoms with E-state index in [-0.39, 0.29) is 37.6 Å². The highest BCUT2D eigenvalue weighted by Crippen LogP contribution is 2.44. The van der Waals surface area contributed by atoms with Crippen LogP contribution in [0.25, 0.3) is 0 Å². The number of carboxylic acid groups (broad SMARTS) is 1. The lowest BCUT2D eigenvalue weighted by Gasteiger charge is -2.18. The Morgan fingerprint density at radius 3 is 2.24 bits per heavy atom. The Balaban J connectivity index is 0.000000880. The zero-order valence-corrected chi connectivity index (χ0v) is 31.6. The number of hydrogen-bond donors (Lipinski definition) is 5. The van der Waals surface area contributed by atoms with E-state index in [2.05, 4.69) is 55.3 Å². The molecule has 5 N–H and O–H groups in total. The van der Waals surface area contributed by atoms with Crippen molar-refractivity contribution in [1.29, 1.82) is 0 Å². The quantitative estimate of drug-likeness (QED) is 0.0629. The Morgan fingerprint density at radius 1 is 1.02 bits per heavy atom. The Kier molecular flexibility index (Phi) is 20.8. The van der Waals surface area contributed by atoms with Gasteiger partial charge in [0, 0.05) is 13.1 Å². The van der Waals surface area contributed by atoms with Crippen molar-refractivity contribution in [1.82, 2.24) is 10.6 Å². The second kappa shape index (κ2) is 23.5. The van der Waals surface area contributed by atoms with Crippen LogP contribution in [0.4, 0.5) is 0 Å². The minimum atomic E-state index is -1.22. The van der Waals surface area contributed by atoms with Gasteiger partial charge in [-0.15, -0.1) is 0 Å². The monoisotopic (exact) mass is 715 g/mol. The normalized spacial score (nSPS) is 16.5. The number of hydrogen-bond acceptors (Lipinski definition) is 9. The molecular formula is C38H57N3O8S. The molecule has 1 aliphatic rings. The van der Waals surface area contributed by atoms with Crippen LogP contribution in [0.15, 0.2) is 54.6 Å². The average molecular weight is 716 g/mol. The molecule has 0 aromatic heterocycles. The summed E-state index contributed by atoms with van der Waals surface area (Å²) in [4.78, 5) is 47.4. The van der Waals surface area contributed by atoms with Crippen molar-refractivity contribution in [2.75, 3.05) is 26.5 Å². The highest BCUT2D eigenvalue weighted by molar-refractivity contribution is 7.79. The Labute approximate surface area is 303 Å². The van der Waals surface area contributed by atoms with Gasteiger partial charge >= 0.3 is 11.9 Å². The second-order valence-corrected chi connectivity index (χ2v) is 12.7. The fraction of sp³-hybridized carbons (Fsp3) is 0.526. The number of rotatable bonds is 17. The molecule has 3 rings (SSSR count). The number of carbonyl (C=O) groups excluding carboxylic acids is 3. The molecular weight excluding hydrogens is 658 g/mol. The lowest BCUT2D eigenvalue weighted by atomic mass is 9.96. The molecule has 50 heavy (non-hydrogen) atoms. The number of aliphatic carboxylic acids is 1. The predicted molar refractivity (Wildman–Crippen MR) is 199 cm³/mol. The number of carboxylic acids is 1. The van der Waals surface area contributed by atoms with E-state index in [4.69, 9.17) is 19.9 Å². The van der Waals surface area contributed by atoms with E-state index >= 15 is 0 Å². The van der Waals surface area contributed by atoms with Crippen molar-refractivity contribution in [2.24, 2.45) is 23.5 Å². The van der Waals surface area contributed by atoms with Crippen LogP contribution in [0.5, 0.6) is 5.75 Å². The molecule has 2 amide bonds. The van der Waals surface area contributed by atoms with Gasteiger partial charge in [0.05, 0.1) is 25.7 Å². The van der Waals surface area contributed by atoms with Gasteiger partial charge in [-0.25, -0.2) is 4.79 Å². The molecule has 11 nitrogen and oxygen atoms in total. The van der Waals surface area contributed by atoms with Crippen LogP contribution in [0.1, 0.15) is 75.3 Å². The Morgan fingerprint density at radius 2 is 1.68 bits per heavy atom. The minimum absolute atomic E-state index is 0.0311. The molecule has 5 atom stereocenters. The van der Waals surface area contributed by atoms with Gasteiger partial charge in [-0.1, -0.05) is 75.7 Å². The molecule has 0 spiro atoms. The molecule has 2 aromatic carbocycles. The molecule has 0 radical (unpaired) electrons. The van der Waals surface area contributed by atoms with E-state index in [1.54, 1.807) is 19.4 Å². The first kappa shape index (κ1) is 44.2. The first-order valence-electron chi connectivity index (χ1n) is 16.9. The van der Waals surface area contributed by atoms with Gasteiger partial charge in [-0.3, -0.25) is 14.4 Å². The number of thiol groups is 1. The van der Waals surface area contributed by atoms with Crippen molar-refractivity contribution in [3.05, 3.63) is 76.9 Å². The molecule has 1 aliphatic heterocycles. The molecule has 2 aromatic rings. The second-order valence-electron chi connectivity index (χ2n) is 12.7. The molecule has 1 heterocycles. The number of carbonyl (C=O) groups is 4. The lowest BCUT2D eigenvalue weighted by Crippen LogP contribution is -2.40. The number of amides is 2. The molecule has 0 saturated carbocycles. The molecule has 1 fully saturated rings. The average Bonchev–Trinajstić information content (AvgIpc) is 3.90. The van der Waals surface area contributed by atoms with Crippen molar-refractivity contribution in [2.45, 2.75) is 85.7 Å². The molecule has 1 unspecified atom stereocenters. The van der Waals surface area contributed by atoms with Crippen LogP contribution >= 0.6 is 12.6 Å². The van der Waals surface area contributed by atoms with Crippen molar-refractivity contribution >= 4 is 36.4 Å². The van der Waals surface area contributed by atoms with Crippen LogP contribution in [-0.4, -0.2) is 67.5 Å². The standard InChI is InChI=1S/C28H41N3O7.C9H12O.CH4S/c1-17(2)13-22(27(34)35)37-28(36)19(4)15-30-24(33)16-31-23(32)8-6-5-7-18(3)25-26(38-25)21-11-9-20(14-29)10-12-21;1-7-4-5-9(10-3)8(2)6-7;1-2/h6,8-12,17-19,22,25-26H,5,7,13-16,29H2,1-4H3,(H,30,33)(H,31,32)(H,34,35);4-6H,1-3H3;2H,1H3/b8-6+;;/t18-,19+,22-,25?,26+;;/m0../s1. The fourth-order valence-electron chi connectivity index (χ4n) is 4.93. The van der Waals surface area contributed by atoms with Gasteiger partial charge in [0.25, 0.3) is 0 Å². The van der Waals surface area contributed by atoms with Gasteiger partial charge in [0.1, 0.15) is 11.9 Å². The zero-order valence-electron chi connectivity index (χ0n) is 30.7. The first-order valence-corrected chi connectivity index (χ1v) is 17.8. The number of nitrogens with one attached hydrogen (secondary N) is 2. The molecule has 12 heteroatoms. The molecule has 0 bridgehead atoms. The predicted octanol–water partition coefficient (Wildman–Crippen LogP) is 5.33. The number of nitrogens with two attached hydrogens (primary N) is 1. The summed E-state index contributed by atoms with van der Waals surface area (Å²) in [6.07, 6.45) is 5.68. The summed E-state index contributed by atoms with van der Waals surface area (Å²) in [5.41, 5.74) is 10.3. The molecule has 278 valence electrons. The third-order valence-corrected chi connectivity index (χ3v) is 7.89. The third kappa shape index (κ3) is 16.7. The highest BCUT2D eigenvalue weighted by Gasteiger charge is 2.43. The molecule has 0 aliphatic carbocycles. The van der Waals surface area contributed by atoms with Gasteiger partial charge in [0.2, 0.25) is 11.8 Å². The number of epoxide rings is 1. The van der Waals surface area contributed by atoms with Gasteiger partial charge in [-0.2, -0.15) is 12.6 Å². The summed E-state index contributed by atoms with van der Waals surface area (Å²) >= 11 is 3.53. The van der Waals surface area contributed by atoms with E-state index in [9.17, 15) is 24.3 Å². The van der Waals surface area contributed by atoms with E-state index in [0.717, 1.165) is 23.3 Å². The van der Waals surface area contributed by atoms with E-state index in [0.29, 0.717) is 18.9 Å². The van der Waals surface area contributed by atoms with E-state index in [1.165, 1.54) is 24.1 Å². The van der Waals surface area contributed by atoms with E-state index in [1.807, 2.05) is 45.0 Å². The maximum atomic E-state index is 12.1. The van der Waals surface area contributed by atoms with Crippen molar-refractivity contribution in [3.8, 4) is 5.75 Å². The summed E-state index contributed by atoms with van der Waals surface area (Å²) in [6, 6.07) is 14.3. The van der Waals surface area contributed by atoms with Crippen molar-refractivity contribution in [3.63, 3.8) is 0 Å². The number of aryl methyl sites for hydroxylation is 2. The lowest BCUT2D eigenvalue weighted by molar-refractivity contribution is -0.167. The van der Waals surface area contributed by atoms with Gasteiger partial charge in [0.15, 0.2) is 6.10 Å². The number of esters is 1. The maximum Gasteiger partial charge on any atom is 0.345 e. The smallest absolute Gasteiger partial charge is 0.345 e. The number of benzene rings is 2. The Bertz CT molecular complexity index is 1380. The van der Waals surface area contributed by atoms with Crippen LogP contribution in [0.2, 0.25) is 0 Å². The summed E-state index contributed by atoms with van der Waals surface area (Å²) in [5, 5.41) is 14.2. The Hall–Kier alpha value is -3.87. The SMILES string of the molecule is CC(C)C[C@H](OC(=O)[C@H](C)CNC(=O)CNC(=O)/C=C/CC[C@H](C)C1O[C@@H]1c1ccc(CN)cc1)C(=O)O.COc1ccc(C)cc1C.CS. The van der Waals surface area contributed by atoms with Crippen LogP contribution in [-0.2, 0) is 35.2 Å². The zero-order chi connectivity index (χ0) is 37.8. The summed E-state index contributed by atoms with van der Waals surface area (Å²) < 4.78 is 16.0. The number of ether oxygens (including phenoxy) is 3. The molecule has 1 saturated heterocycles. The summed E-state index contributed by atoms with van der Waals surface area (Å²) in [5.74, 6) is -2.15. The fourth-order valence-corrected chi connectivity index (χ4v) is 4.93. The van der Waals surface area contributed by atoms with Gasteiger partial charge < -0.3 is 35.7 Å². The largest absolute Gasteiger partial charge is 0.496 e. The van der Waals surface area contributed by atoms with Crippen LogP contribution in [0.3, 0.4) is 0 Å². The number of allylic oxidation sites excluding steroid dienone is 1. The first-order chi connectivity index (χ1) is 23.7. The van der Waals surface area contributed by atoms with Crippen LogP contribution in [0, 0.1) is 31.6 Å². The summed E-state index contributed by atoms with van der Waals surface area (Å²) in [7, 11) is 1.69. The highest BCUT2D eigenvalue weighted by atomic mass is 32.1. The third-order valence-electron chi connectivity index (χ3n) is 7.89. The van der Waals surface area contributed by atoms with Crippen LogP contribution < -0.4 is 21.1 Å². The maximum absolute atomic E-state index is 12.1. The number of methoxy groups -OCH3 is 1. The topological polar surface area (TPSA) is 170 Å². The van der Waals surface area contributed by atoms with Crippen molar-refractivity contribution < 1.29 is 38.5 Å². The summed E-state index contributed by atoms with van der Waals surface area (Å²) in [6.45, 7) is 11.7. The van der Waals surface area contributed by atoms with E-state index < -0.39 is 35.8 Å².